The van der Waals surface area contributed by atoms with Gasteiger partial charge >= 0.3 is 5.97 Å². The van der Waals surface area contributed by atoms with Gasteiger partial charge in [-0.2, -0.15) is 0 Å². The molecule has 0 saturated carbocycles. The second-order valence-corrected chi connectivity index (χ2v) is 8.82. The summed E-state index contributed by atoms with van der Waals surface area (Å²) in [5.74, 6) is -1.44. The Bertz CT molecular complexity index is 1700. The lowest BCUT2D eigenvalue weighted by Crippen LogP contribution is -2.26. The smallest absolute Gasteiger partial charge is 0.340 e. The summed E-state index contributed by atoms with van der Waals surface area (Å²) in [7, 11) is 0. The van der Waals surface area contributed by atoms with Crippen LogP contribution in [-0.2, 0) is 9.53 Å². The van der Waals surface area contributed by atoms with E-state index >= 15 is 0 Å². The van der Waals surface area contributed by atoms with Crippen molar-refractivity contribution in [1.82, 2.24) is 9.97 Å². The minimum atomic E-state index is -1.36. The van der Waals surface area contributed by atoms with Crippen molar-refractivity contribution in [3.8, 4) is 11.3 Å². The quantitative estimate of drug-likeness (QED) is 0.144. The van der Waals surface area contributed by atoms with Crippen molar-refractivity contribution >= 4 is 45.8 Å². The van der Waals surface area contributed by atoms with Crippen LogP contribution in [0, 0.1) is 10.1 Å². The van der Waals surface area contributed by atoms with Gasteiger partial charge in [0.1, 0.15) is 5.02 Å². The molecule has 0 aliphatic heterocycles. The molecule has 0 bridgehead atoms. The zero-order valence-corrected chi connectivity index (χ0v) is 20.9. The van der Waals surface area contributed by atoms with Crippen LogP contribution < -0.4 is 5.32 Å². The highest BCUT2D eigenvalue weighted by Gasteiger charge is 2.28. The zero-order chi connectivity index (χ0) is 27.4. The van der Waals surface area contributed by atoms with Crippen LogP contribution in [0.1, 0.15) is 22.0 Å². The molecule has 0 fully saturated rings. The van der Waals surface area contributed by atoms with Gasteiger partial charge in [0.05, 0.1) is 21.7 Å². The first kappa shape index (κ1) is 25.5. The van der Waals surface area contributed by atoms with Crippen LogP contribution in [0.5, 0.6) is 0 Å². The van der Waals surface area contributed by atoms with Crippen LogP contribution in [-0.4, -0.2) is 26.8 Å². The summed E-state index contributed by atoms with van der Waals surface area (Å²) in [5.41, 5.74) is 2.27. The van der Waals surface area contributed by atoms with Gasteiger partial charge in [0, 0.05) is 40.7 Å². The number of pyridine rings is 2. The number of rotatable bonds is 7. The Morgan fingerprint density at radius 1 is 0.923 bits per heavy atom. The average Bonchev–Trinajstić information content (AvgIpc) is 2.97. The lowest BCUT2D eigenvalue weighted by molar-refractivity contribution is -0.384. The molecule has 39 heavy (non-hydrogen) atoms. The van der Waals surface area contributed by atoms with Crippen molar-refractivity contribution in [2.24, 2.45) is 0 Å². The summed E-state index contributed by atoms with van der Waals surface area (Å²) >= 11 is 5.90. The summed E-state index contributed by atoms with van der Waals surface area (Å²) in [5, 5.41) is 14.4. The molecule has 9 nitrogen and oxygen atoms in total. The number of hydrogen-bond acceptors (Lipinski definition) is 7. The summed E-state index contributed by atoms with van der Waals surface area (Å²) in [6, 6.07) is 24.6. The molecule has 0 radical (unpaired) electrons. The number of carbonyl (C=O) groups is 2. The third-order valence-electron chi connectivity index (χ3n) is 5.89. The fourth-order valence-corrected chi connectivity index (χ4v) is 4.21. The summed E-state index contributed by atoms with van der Waals surface area (Å²) in [4.78, 5) is 46.3. The lowest BCUT2D eigenvalue weighted by atomic mass is 10.0. The van der Waals surface area contributed by atoms with Crippen molar-refractivity contribution in [2.45, 2.75) is 6.10 Å². The summed E-state index contributed by atoms with van der Waals surface area (Å²) in [6.07, 6.45) is 1.90. The number of nitrogens with one attached hydrogen (secondary N) is 1. The largest absolute Gasteiger partial charge is 0.444 e. The van der Waals surface area contributed by atoms with Gasteiger partial charge in [-0.3, -0.25) is 19.9 Å². The maximum absolute atomic E-state index is 13.6. The van der Waals surface area contributed by atoms with Crippen LogP contribution >= 0.6 is 11.6 Å². The van der Waals surface area contributed by atoms with E-state index in [4.69, 9.17) is 16.3 Å². The SMILES string of the molecule is O=C(OC(C(=O)Nc1ccc(Cl)c([N+](=O)[O-])c1)c1ccccc1)c1cc(-c2ccncc2)nc2ccccc12. The maximum atomic E-state index is 13.6. The first-order chi connectivity index (χ1) is 18.9. The Hall–Kier alpha value is -5.15. The second kappa shape index (κ2) is 11.1. The normalized spacial score (nSPS) is 11.5. The molecule has 1 amide bonds. The van der Waals surface area contributed by atoms with Gasteiger partial charge in [0.15, 0.2) is 0 Å². The van der Waals surface area contributed by atoms with Crippen molar-refractivity contribution < 1.29 is 19.2 Å². The Kier molecular flexibility index (Phi) is 7.24. The fraction of sp³-hybridized carbons (Fsp3) is 0.0345. The number of fused-ring (bicyclic) bond motifs is 1. The highest BCUT2D eigenvalue weighted by Crippen LogP contribution is 2.30. The number of nitro benzene ring substituents is 1. The molecule has 1 unspecified atom stereocenters. The van der Waals surface area contributed by atoms with E-state index < -0.39 is 22.9 Å². The third kappa shape index (κ3) is 5.58. The van der Waals surface area contributed by atoms with Crippen LogP contribution in [0.25, 0.3) is 22.2 Å². The Balaban J connectivity index is 1.51. The molecule has 1 N–H and O–H groups in total. The fourth-order valence-electron chi connectivity index (χ4n) is 4.02. The number of amides is 1. The minimum Gasteiger partial charge on any atom is -0.444 e. The zero-order valence-electron chi connectivity index (χ0n) is 20.2. The molecule has 3 aromatic carbocycles. The van der Waals surface area contributed by atoms with Gasteiger partial charge in [0.2, 0.25) is 6.10 Å². The van der Waals surface area contributed by atoms with Gasteiger partial charge in [-0.25, -0.2) is 9.78 Å². The molecule has 0 aliphatic rings. The minimum absolute atomic E-state index is 0.0707. The molecule has 0 saturated heterocycles. The summed E-state index contributed by atoms with van der Waals surface area (Å²) < 4.78 is 5.81. The lowest BCUT2D eigenvalue weighted by Gasteiger charge is -2.19. The molecule has 2 heterocycles. The Labute approximate surface area is 227 Å². The van der Waals surface area contributed by atoms with Gasteiger partial charge in [-0.05, 0) is 36.4 Å². The van der Waals surface area contributed by atoms with Crippen molar-refractivity contribution in [3.63, 3.8) is 0 Å². The molecule has 2 aromatic heterocycles. The number of halogens is 1. The first-order valence-corrected chi connectivity index (χ1v) is 12.1. The van der Waals surface area contributed by atoms with Crippen molar-refractivity contribution in [1.29, 1.82) is 0 Å². The van der Waals surface area contributed by atoms with Crippen molar-refractivity contribution in [3.05, 3.63) is 130 Å². The number of ether oxygens (including phenoxy) is 1. The van der Waals surface area contributed by atoms with Crippen LogP contribution in [0.2, 0.25) is 5.02 Å². The van der Waals surface area contributed by atoms with E-state index in [0.29, 0.717) is 22.2 Å². The van der Waals surface area contributed by atoms with Gasteiger partial charge in [0.25, 0.3) is 11.6 Å². The monoisotopic (exact) mass is 538 g/mol. The molecule has 192 valence electrons. The second-order valence-electron chi connectivity index (χ2n) is 8.42. The number of nitrogens with zero attached hydrogens (tertiary/aromatic N) is 3. The number of benzene rings is 3. The maximum Gasteiger partial charge on any atom is 0.340 e. The standard InChI is InChI=1S/C29H19ClN4O5/c30-23-11-10-20(16-26(23)34(37)38)32-28(35)27(19-6-2-1-3-7-19)39-29(36)22-17-25(18-12-14-31-15-13-18)33-24-9-5-4-8-21(22)24/h1-17,27H,(H,32,35). The van der Waals surface area contributed by atoms with Gasteiger partial charge in [-0.1, -0.05) is 60.1 Å². The number of carbonyl (C=O) groups excluding carboxylic acids is 2. The molecule has 5 aromatic rings. The van der Waals surface area contributed by atoms with E-state index in [1.807, 2.05) is 6.07 Å². The van der Waals surface area contributed by atoms with Gasteiger partial charge in [-0.15, -0.1) is 0 Å². The number of anilines is 1. The molecular weight excluding hydrogens is 520 g/mol. The number of para-hydroxylation sites is 1. The van der Waals surface area contributed by atoms with Crippen molar-refractivity contribution in [2.75, 3.05) is 5.32 Å². The molecule has 1 atom stereocenters. The predicted molar refractivity (Wildman–Crippen MR) is 146 cm³/mol. The predicted octanol–water partition coefficient (Wildman–Crippen LogP) is 6.40. The highest BCUT2D eigenvalue weighted by molar-refractivity contribution is 6.32. The van der Waals surface area contributed by atoms with Crippen LogP contribution in [0.4, 0.5) is 11.4 Å². The molecule has 10 heteroatoms. The van der Waals surface area contributed by atoms with Crippen LogP contribution in [0.15, 0.2) is 103 Å². The first-order valence-electron chi connectivity index (χ1n) is 11.7. The average molecular weight is 539 g/mol. The molecule has 5 rings (SSSR count). The van der Waals surface area contributed by atoms with E-state index in [0.717, 1.165) is 11.6 Å². The molecule has 0 aliphatic carbocycles. The van der Waals surface area contributed by atoms with E-state index in [2.05, 4.69) is 15.3 Å². The Morgan fingerprint density at radius 2 is 1.64 bits per heavy atom. The number of aromatic nitrogens is 2. The molecule has 0 spiro atoms. The number of nitro groups is 1. The number of esters is 1. The van der Waals surface area contributed by atoms with E-state index in [-0.39, 0.29) is 22.0 Å². The highest BCUT2D eigenvalue weighted by atomic mass is 35.5. The Morgan fingerprint density at radius 3 is 2.38 bits per heavy atom. The topological polar surface area (TPSA) is 124 Å². The van der Waals surface area contributed by atoms with E-state index in [1.54, 1.807) is 79.1 Å². The third-order valence-corrected chi connectivity index (χ3v) is 6.21. The van der Waals surface area contributed by atoms with Gasteiger partial charge < -0.3 is 10.1 Å². The molecular formula is C29H19ClN4O5. The summed E-state index contributed by atoms with van der Waals surface area (Å²) in [6.45, 7) is 0. The van der Waals surface area contributed by atoms with E-state index in [9.17, 15) is 19.7 Å². The van der Waals surface area contributed by atoms with Crippen LogP contribution in [0.3, 0.4) is 0 Å². The van der Waals surface area contributed by atoms with E-state index in [1.165, 1.54) is 12.1 Å². The number of hydrogen-bond donors (Lipinski definition) is 1.